The van der Waals surface area contributed by atoms with Crippen LogP contribution in [0, 0.1) is 5.92 Å². The van der Waals surface area contributed by atoms with E-state index in [9.17, 15) is 4.79 Å². The van der Waals surface area contributed by atoms with Crippen LogP contribution < -0.4 is 10.6 Å². The first-order valence-corrected chi connectivity index (χ1v) is 7.13. The predicted octanol–water partition coefficient (Wildman–Crippen LogP) is 1.98. The minimum Gasteiger partial charge on any atom is -0.352 e. The number of benzene rings is 1. The highest BCUT2D eigenvalue weighted by Gasteiger charge is 2.44. The van der Waals surface area contributed by atoms with E-state index in [0.717, 1.165) is 0 Å². The van der Waals surface area contributed by atoms with Crippen molar-refractivity contribution in [1.29, 1.82) is 0 Å². The summed E-state index contributed by atoms with van der Waals surface area (Å²) in [5.74, 6) is 0.0586. The number of nitrogens with zero attached hydrogens (tertiary/aromatic N) is 1. The maximum absolute atomic E-state index is 12.1. The zero-order valence-electron chi connectivity index (χ0n) is 12.2. The second-order valence-corrected chi connectivity index (χ2v) is 5.61. The van der Waals surface area contributed by atoms with Crippen LogP contribution in [-0.4, -0.2) is 23.6 Å². The second kappa shape index (κ2) is 4.94. The molecule has 0 spiro atoms. The van der Waals surface area contributed by atoms with Gasteiger partial charge in [0.05, 0.1) is 24.8 Å². The fourth-order valence-corrected chi connectivity index (χ4v) is 3.37. The molecule has 1 aromatic rings. The lowest BCUT2D eigenvalue weighted by atomic mass is 9.97. The molecule has 3 atom stereocenters. The van der Waals surface area contributed by atoms with Crippen LogP contribution in [0.1, 0.15) is 32.4 Å². The summed E-state index contributed by atoms with van der Waals surface area (Å²) >= 11 is 0. The Bertz CT molecular complexity index is 552. The lowest BCUT2D eigenvalue weighted by Crippen LogP contribution is -2.58. The molecule has 2 heterocycles. The van der Waals surface area contributed by atoms with E-state index in [2.05, 4.69) is 60.6 Å². The molecule has 1 fully saturated rings. The molecule has 0 bridgehead atoms. The first-order valence-electron chi connectivity index (χ1n) is 7.13. The van der Waals surface area contributed by atoms with Crippen LogP contribution in [0.5, 0.6) is 0 Å². The summed E-state index contributed by atoms with van der Waals surface area (Å²) in [6.45, 7) is 6.92. The SMILES string of the molecule is CC1=C(C)N(C(C)c2ccccc2)C2NCNC(=O)C12. The van der Waals surface area contributed by atoms with Crippen molar-refractivity contribution in [2.75, 3.05) is 6.67 Å². The molecule has 1 saturated heterocycles. The van der Waals surface area contributed by atoms with Gasteiger partial charge in [-0.15, -0.1) is 0 Å². The number of rotatable bonds is 2. The first kappa shape index (κ1) is 13.2. The quantitative estimate of drug-likeness (QED) is 0.864. The van der Waals surface area contributed by atoms with Crippen molar-refractivity contribution in [2.24, 2.45) is 5.92 Å². The molecule has 3 rings (SSSR count). The molecule has 0 aliphatic carbocycles. The van der Waals surface area contributed by atoms with Crippen LogP contribution in [-0.2, 0) is 4.79 Å². The van der Waals surface area contributed by atoms with E-state index < -0.39 is 0 Å². The zero-order chi connectivity index (χ0) is 14.3. The Hall–Kier alpha value is -1.81. The topological polar surface area (TPSA) is 44.4 Å². The van der Waals surface area contributed by atoms with Crippen molar-refractivity contribution in [3.8, 4) is 0 Å². The monoisotopic (exact) mass is 271 g/mol. The first-order chi connectivity index (χ1) is 9.61. The lowest BCUT2D eigenvalue weighted by Gasteiger charge is -2.39. The standard InChI is InChI=1S/C16H21N3O/c1-10-11(2)19(12(3)13-7-5-4-6-8-13)15-14(10)16(20)18-9-17-15/h4-8,12,14-15,17H,9H2,1-3H3,(H,18,20). The highest BCUT2D eigenvalue weighted by Crippen LogP contribution is 2.39. The molecule has 2 N–H and O–H groups in total. The lowest BCUT2D eigenvalue weighted by molar-refractivity contribution is -0.127. The summed E-state index contributed by atoms with van der Waals surface area (Å²) in [4.78, 5) is 14.5. The highest BCUT2D eigenvalue weighted by atomic mass is 16.2. The number of carbonyl (C=O) groups is 1. The second-order valence-electron chi connectivity index (χ2n) is 5.61. The van der Waals surface area contributed by atoms with E-state index in [0.29, 0.717) is 6.67 Å². The van der Waals surface area contributed by atoms with Crippen LogP contribution in [0.3, 0.4) is 0 Å². The van der Waals surface area contributed by atoms with E-state index >= 15 is 0 Å². The molecule has 2 aliphatic heterocycles. The molecule has 1 aromatic carbocycles. The van der Waals surface area contributed by atoms with E-state index in [-0.39, 0.29) is 24.0 Å². The maximum atomic E-state index is 12.1. The van der Waals surface area contributed by atoms with Gasteiger partial charge in [0, 0.05) is 5.70 Å². The molecule has 0 radical (unpaired) electrons. The molecule has 0 aromatic heterocycles. The van der Waals surface area contributed by atoms with Crippen molar-refractivity contribution in [3.63, 3.8) is 0 Å². The third-order valence-corrected chi connectivity index (χ3v) is 4.60. The summed E-state index contributed by atoms with van der Waals surface area (Å²) in [6.07, 6.45) is 0.0685. The molecule has 2 aliphatic rings. The van der Waals surface area contributed by atoms with Gasteiger partial charge in [-0.25, -0.2) is 0 Å². The van der Waals surface area contributed by atoms with E-state index in [1.807, 2.05) is 6.07 Å². The predicted molar refractivity (Wildman–Crippen MR) is 78.5 cm³/mol. The molecule has 3 unspecified atom stereocenters. The van der Waals surface area contributed by atoms with Gasteiger partial charge in [-0.2, -0.15) is 0 Å². The Morgan fingerprint density at radius 3 is 2.65 bits per heavy atom. The molecular weight excluding hydrogens is 250 g/mol. The van der Waals surface area contributed by atoms with Crippen LogP contribution in [0.15, 0.2) is 41.6 Å². The van der Waals surface area contributed by atoms with Gasteiger partial charge < -0.3 is 10.2 Å². The molecule has 1 amide bonds. The van der Waals surface area contributed by atoms with Gasteiger partial charge in [-0.05, 0) is 31.9 Å². The minimum absolute atomic E-state index is 0.0685. The van der Waals surface area contributed by atoms with Gasteiger partial charge in [0.2, 0.25) is 5.91 Å². The number of fused-ring (bicyclic) bond motifs is 1. The van der Waals surface area contributed by atoms with Gasteiger partial charge >= 0.3 is 0 Å². The van der Waals surface area contributed by atoms with E-state index in [1.165, 1.54) is 16.8 Å². The molecule has 106 valence electrons. The van der Waals surface area contributed by atoms with E-state index in [4.69, 9.17) is 0 Å². The van der Waals surface area contributed by atoms with Gasteiger partial charge in [0.15, 0.2) is 0 Å². The fourth-order valence-electron chi connectivity index (χ4n) is 3.37. The third kappa shape index (κ3) is 1.91. The third-order valence-electron chi connectivity index (χ3n) is 4.60. The van der Waals surface area contributed by atoms with Crippen molar-refractivity contribution in [1.82, 2.24) is 15.5 Å². The largest absolute Gasteiger partial charge is 0.352 e. The molecule has 0 saturated carbocycles. The Balaban J connectivity index is 1.95. The Morgan fingerprint density at radius 1 is 1.25 bits per heavy atom. The smallest absolute Gasteiger partial charge is 0.231 e. The number of nitrogens with one attached hydrogen (secondary N) is 2. The Kier molecular flexibility index (Phi) is 3.26. The van der Waals surface area contributed by atoms with Gasteiger partial charge in [0.1, 0.15) is 0 Å². The Morgan fingerprint density at radius 2 is 1.95 bits per heavy atom. The number of hydrogen-bond donors (Lipinski definition) is 2. The number of allylic oxidation sites excluding steroid dienone is 1. The number of amides is 1. The molecule has 4 nitrogen and oxygen atoms in total. The summed E-state index contributed by atoms with van der Waals surface area (Å²) in [5, 5.41) is 6.32. The average molecular weight is 271 g/mol. The Labute approximate surface area is 119 Å². The molecular formula is C16H21N3O. The van der Waals surface area contributed by atoms with Gasteiger partial charge in [-0.3, -0.25) is 10.1 Å². The normalized spacial score (nSPS) is 27.4. The molecule has 4 heteroatoms. The van der Waals surface area contributed by atoms with Crippen molar-refractivity contribution in [3.05, 3.63) is 47.2 Å². The van der Waals surface area contributed by atoms with Gasteiger partial charge in [-0.1, -0.05) is 30.3 Å². The van der Waals surface area contributed by atoms with Crippen molar-refractivity contribution >= 4 is 5.91 Å². The van der Waals surface area contributed by atoms with Crippen LogP contribution in [0.4, 0.5) is 0 Å². The minimum atomic E-state index is -0.0742. The number of hydrogen-bond acceptors (Lipinski definition) is 3. The number of carbonyl (C=O) groups excluding carboxylic acids is 1. The summed E-state index contributed by atoms with van der Waals surface area (Å²) < 4.78 is 0. The summed E-state index contributed by atoms with van der Waals surface area (Å²) in [6, 6.07) is 10.7. The average Bonchev–Trinajstić information content (AvgIpc) is 2.72. The van der Waals surface area contributed by atoms with Crippen LogP contribution in [0.25, 0.3) is 0 Å². The van der Waals surface area contributed by atoms with Gasteiger partial charge in [0.25, 0.3) is 0 Å². The van der Waals surface area contributed by atoms with Crippen LogP contribution >= 0.6 is 0 Å². The maximum Gasteiger partial charge on any atom is 0.231 e. The highest BCUT2D eigenvalue weighted by molar-refractivity contribution is 5.83. The molecule has 20 heavy (non-hydrogen) atoms. The fraction of sp³-hybridized carbons (Fsp3) is 0.438. The van der Waals surface area contributed by atoms with Crippen molar-refractivity contribution < 1.29 is 4.79 Å². The van der Waals surface area contributed by atoms with Crippen LogP contribution in [0.2, 0.25) is 0 Å². The van der Waals surface area contributed by atoms with E-state index in [1.54, 1.807) is 0 Å². The summed E-state index contributed by atoms with van der Waals surface area (Å²) in [5.41, 5.74) is 3.65. The zero-order valence-corrected chi connectivity index (χ0v) is 12.2. The van der Waals surface area contributed by atoms with Crippen molar-refractivity contribution in [2.45, 2.75) is 33.0 Å². The summed E-state index contributed by atoms with van der Waals surface area (Å²) in [7, 11) is 0.